The van der Waals surface area contributed by atoms with E-state index in [9.17, 15) is 8.78 Å². The van der Waals surface area contributed by atoms with E-state index >= 15 is 0 Å². The number of anilines is 1. The molecule has 3 aromatic heterocycles. The topological polar surface area (TPSA) is 122 Å². The van der Waals surface area contributed by atoms with E-state index in [1.54, 1.807) is 18.5 Å². The summed E-state index contributed by atoms with van der Waals surface area (Å²) in [6, 6.07) is 4.66. The number of pyridine rings is 1. The van der Waals surface area contributed by atoms with Gasteiger partial charge in [0, 0.05) is 30.1 Å². The van der Waals surface area contributed by atoms with Crippen LogP contribution in [0.4, 0.5) is 14.6 Å². The summed E-state index contributed by atoms with van der Waals surface area (Å²) in [7, 11) is 1.25. The Morgan fingerprint density at radius 1 is 1.18 bits per heavy atom. The summed E-state index contributed by atoms with van der Waals surface area (Å²) in [6.07, 6.45) is 7.49. The molecule has 0 bridgehead atoms. The number of rotatable bonds is 5. The highest BCUT2D eigenvalue weighted by molar-refractivity contribution is 5.76. The van der Waals surface area contributed by atoms with Crippen molar-refractivity contribution in [3.8, 4) is 34.0 Å². The van der Waals surface area contributed by atoms with Crippen LogP contribution in [0.25, 0.3) is 28.2 Å². The third-order valence-corrected chi connectivity index (χ3v) is 5.68. The second-order valence-corrected chi connectivity index (χ2v) is 7.70. The van der Waals surface area contributed by atoms with Crippen molar-refractivity contribution in [2.45, 2.75) is 18.9 Å². The zero-order chi connectivity index (χ0) is 22.9. The predicted molar refractivity (Wildman–Crippen MR) is 116 cm³/mol. The average molecular weight is 453 g/mol. The van der Waals surface area contributed by atoms with Gasteiger partial charge in [-0.15, -0.1) is 5.10 Å². The largest absolute Gasteiger partial charge is 0.494 e. The smallest absolute Gasteiger partial charge is 0.202 e. The van der Waals surface area contributed by atoms with Gasteiger partial charge in [0.2, 0.25) is 5.82 Å². The van der Waals surface area contributed by atoms with Crippen LogP contribution < -0.4 is 15.8 Å². The number of nitrogens with zero attached hydrogens (tertiary/aromatic N) is 7. The van der Waals surface area contributed by atoms with Crippen LogP contribution in [0.1, 0.15) is 18.9 Å². The SMILES string of the molecule is COc1ccc(-n2nnnc2-c2cc(-c3cnn([C@@H]4CCCNC4)c3)cnc2N)c(F)c1F. The van der Waals surface area contributed by atoms with E-state index in [0.29, 0.717) is 5.56 Å². The first-order chi connectivity index (χ1) is 16.1. The molecule has 33 heavy (non-hydrogen) atoms. The normalized spacial score (nSPS) is 16.2. The Hall–Kier alpha value is -3.93. The molecular formula is C21H21F2N9O. The highest BCUT2D eigenvalue weighted by atomic mass is 19.2. The van der Waals surface area contributed by atoms with Crippen molar-refractivity contribution in [3.63, 3.8) is 0 Å². The van der Waals surface area contributed by atoms with Gasteiger partial charge in [-0.1, -0.05) is 0 Å². The van der Waals surface area contributed by atoms with Crippen molar-refractivity contribution < 1.29 is 13.5 Å². The van der Waals surface area contributed by atoms with Crippen LogP contribution in [0.15, 0.2) is 36.8 Å². The number of hydrogen-bond acceptors (Lipinski definition) is 8. The fourth-order valence-corrected chi connectivity index (χ4v) is 3.92. The molecule has 0 spiro atoms. The Bertz CT molecular complexity index is 1300. The minimum absolute atomic E-state index is 0.120. The Balaban J connectivity index is 1.53. The van der Waals surface area contributed by atoms with Crippen LogP contribution in [-0.2, 0) is 0 Å². The molecule has 4 heterocycles. The van der Waals surface area contributed by atoms with Crippen LogP contribution in [0.5, 0.6) is 5.75 Å². The third kappa shape index (κ3) is 3.78. The lowest BCUT2D eigenvalue weighted by atomic mass is 10.1. The Kier molecular flexibility index (Phi) is 5.42. The number of nitrogen functional groups attached to an aromatic ring is 1. The lowest BCUT2D eigenvalue weighted by Gasteiger charge is -2.22. The third-order valence-electron chi connectivity index (χ3n) is 5.68. The molecule has 1 fully saturated rings. The molecule has 0 aliphatic carbocycles. The van der Waals surface area contributed by atoms with E-state index < -0.39 is 11.6 Å². The highest BCUT2D eigenvalue weighted by Crippen LogP contribution is 2.31. The minimum Gasteiger partial charge on any atom is -0.494 e. The molecule has 0 unspecified atom stereocenters. The maximum Gasteiger partial charge on any atom is 0.202 e. The maximum atomic E-state index is 14.7. The fourth-order valence-electron chi connectivity index (χ4n) is 3.92. The monoisotopic (exact) mass is 453 g/mol. The number of nitrogens with two attached hydrogens (primary N) is 1. The molecule has 4 aromatic rings. The van der Waals surface area contributed by atoms with Gasteiger partial charge in [0.15, 0.2) is 17.4 Å². The van der Waals surface area contributed by atoms with Crippen LogP contribution in [0.3, 0.4) is 0 Å². The summed E-state index contributed by atoms with van der Waals surface area (Å²) < 4.78 is 36.8. The zero-order valence-corrected chi connectivity index (χ0v) is 17.7. The van der Waals surface area contributed by atoms with E-state index in [2.05, 4.69) is 30.9 Å². The minimum atomic E-state index is -1.15. The maximum absolute atomic E-state index is 14.7. The van der Waals surface area contributed by atoms with Gasteiger partial charge in [0.05, 0.1) is 24.9 Å². The van der Waals surface area contributed by atoms with Gasteiger partial charge in [-0.3, -0.25) is 4.68 Å². The molecule has 1 saturated heterocycles. The molecule has 170 valence electrons. The molecule has 12 heteroatoms. The van der Waals surface area contributed by atoms with Gasteiger partial charge < -0.3 is 15.8 Å². The molecule has 10 nitrogen and oxygen atoms in total. The summed E-state index contributed by atoms with van der Waals surface area (Å²) in [4.78, 5) is 4.27. The number of hydrogen-bond donors (Lipinski definition) is 2. The number of ether oxygens (including phenoxy) is 1. The highest BCUT2D eigenvalue weighted by Gasteiger charge is 2.22. The molecule has 1 aliphatic rings. The van der Waals surface area contributed by atoms with Crippen LogP contribution in [-0.4, -0.2) is 55.2 Å². The summed E-state index contributed by atoms with van der Waals surface area (Å²) >= 11 is 0. The first-order valence-electron chi connectivity index (χ1n) is 10.4. The molecule has 3 N–H and O–H groups in total. The van der Waals surface area contributed by atoms with Gasteiger partial charge >= 0.3 is 0 Å². The molecule has 0 amide bonds. The Morgan fingerprint density at radius 3 is 2.85 bits per heavy atom. The number of tetrazole rings is 1. The molecule has 1 aromatic carbocycles. The zero-order valence-electron chi connectivity index (χ0n) is 17.7. The number of piperidine rings is 1. The molecular weight excluding hydrogens is 432 g/mol. The van der Waals surface area contributed by atoms with Gasteiger partial charge in [-0.05, 0) is 48.0 Å². The standard InChI is InChI=1S/C21H21F2N9O/c1-33-17-5-4-16(18(22)19(17)23)32-21(28-29-30-32)15-7-12(8-26-20(15)24)13-9-27-31(11-13)14-3-2-6-25-10-14/h4-5,7-9,11,14,25H,2-3,6,10H2,1H3,(H2,24,26)/t14-/m1/s1. The van der Waals surface area contributed by atoms with E-state index in [-0.39, 0.29) is 29.1 Å². The molecule has 0 radical (unpaired) electrons. The first kappa shape index (κ1) is 20.9. The van der Waals surface area contributed by atoms with Crippen LogP contribution in [0.2, 0.25) is 0 Å². The number of methoxy groups -OCH3 is 1. The van der Waals surface area contributed by atoms with Crippen LogP contribution >= 0.6 is 0 Å². The van der Waals surface area contributed by atoms with Crippen LogP contribution in [0, 0.1) is 11.6 Å². The summed E-state index contributed by atoms with van der Waals surface area (Å²) in [5.74, 6) is -2.24. The van der Waals surface area contributed by atoms with Gasteiger partial charge in [-0.2, -0.15) is 14.2 Å². The number of halogens is 2. The molecule has 1 atom stereocenters. The quantitative estimate of drug-likeness (QED) is 0.472. The average Bonchev–Trinajstić information content (AvgIpc) is 3.52. The van der Waals surface area contributed by atoms with Crippen molar-refractivity contribution in [1.82, 2.24) is 40.3 Å². The van der Waals surface area contributed by atoms with Crippen molar-refractivity contribution in [3.05, 3.63) is 48.4 Å². The molecule has 5 rings (SSSR count). The summed E-state index contributed by atoms with van der Waals surface area (Å²) in [5.41, 5.74) is 7.88. The fraction of sp³-hybridized carbons (Fsp3) is 0.286. The van der Waals surface area contributed by atoms with E-state index in [1.807, 2.05) is 10.9 Å². The lowest BCUT2D eigenvalue weighted by Crippen LogP contribution is -2.31. The first-order valence-corrected chi connectivity index (χ1v) is 10.4. The second kappa shape index (κ2) is 8.54. The van der Waals surface area contributed by atoms with Crippen molar-refractivity contribution >= 4 is 5.82 Å². The lowest BCUT2D eigenvalue weighted by molar-refractivity contribution is 0.347. The Morgan fingerprint density at radius 2 is 2.06 bits per heavy atom. The van der Waals surface area contributed by atoms with Crippen molar-refractivity contribution in [1.29, 1.82) is 0 Å². The molecule has 1 aliphatic heterocycles. The van der Waals surface area contributed by atoms with Crippen molar-refractivity contribution in [2.24, 2.45) is 0 Å². The van der Waals surface area contributed by atoms with E-state index in [1.165, 1.54) is 19.2 Å². The summed E-state index contributed by atoms with van der Waals surface area (Å²) in [5, 5.41) is 19.3. The van der Waals surface area contributed by atoms with E-state index in [4.69, 9.17) is 10.5 Å². The van der Waals surface area contributed by atoms with Crippen molar-refractivity contribution in [2.75, 3.05) is 25.9 Å². The summed E-state index contributed by atoms with van der Waals surface area (Å²) in [6.45, 7) is 1.88. The number of nitrogens with one attached hydrogen (secondary N) is 1. The van der Waals surface area contributed by atoms with Gasteiger partial charge in [0.1, 0.15) is 11.5 Å². The molecule has 0 saturated carbocycles. The predicted octanol–water partition coefficient (Wildman–Crippen LogP) is 2.38. The van der Waals surface area contributed by atoms with Gasteiger partial charge in [-0.25, -0.2) is 9.37 Å². The van der Waals surface area contributed by atoms with Gasteiger partial charge in [0.25, 0.3) is 0 Å². The number of aromatic nitrogens is 7. The number of benzene rings is 1. The van der Waals surface area contributed by atoms with E-state index in [0.717, 1.165) is 41.7 Å². The Labute approximate surface area is 187 Å². The second-order valence-electron chi connectivity index (χ2n) is 7.70.